The Bertz CT molecular complexity index is 467. The van der Waals surface area contributed by atoms with Gasteiger partial charge in [0.25, 0.3) is 0 Å². The highest BCUT2D eigenvalue weighted by Crippen LogP contribution is 2.22. The van der Waals surface area contributed by atoms with E-state index in [1.54, 1.807) is 25.3 Å². The van der Waals surface area contributed by atoms with E-state index in [0.29, 0.717) is 18.2 Å². The number of nitrogens with one attached hydrogen (secondary N) is 1. The fraction of sp³-hybridized carbons (Fsp3) is 0.385. The fourth-order valence-corrected chi connectivity index (χ4v) is 1.84. The SMILES string of the molecule is CC1(CC(=O)N/N=C/c2ccc(Cl)cc2)OCCO1. The first-order valence-electron chi connectivity index (χ1n) is 5.93. The Morgan fingerprint density at radius 1 is 1.42 bits per heavy atom. The maximum Gasteiger partial charge on any atom is 0.245 e. The van der Waals surface area contributed by atoms with Crippen LogP contribution in [0.5, 0.6) is 0 Å². The molecule has 1 aromatic rings. The van der Waals surface area contributed by atoms with Gasteiger partial charge in [-0.05, 0) is 24.6 Å². The summed E-state index contributed by atoms with van der Waals surface area (Å²) in [6, 6.07) is 7.13. The lowest BCUT2D eigenvalue weighted by Gasteiger charge is -2.20. The minimum Gasteiger partial charge on any atom is -0.347 e. The van der Waals surface area contributed by atoms with E-state index in [9.17, 15) is 4.79 Å². The Morgan fingerprint density at radius 2 is 2.05 bits per heavy atom. The summed E-state index contributed by atoms with van der Waals surface area (Å²) in [4.78, 5) is 11.6. The molecule has 1 amide bonds. The molecule has 0 aromatic heterocycles. The Morgan fingerprint density at radius 3 is 2.68 bits per heavy atom. The molecular formula is C13H15ClN2O3. The van der Waals surface area contributed by atoms with E-state index in [-0.39, 0.29) is 12.3 Å². The summed E-state index contributed by atoms with van der Waals surface area (Å²) < 4.78 is 10.7. The molecule has 1 saturated heterocycles. The van der Waals surface area contributed by atoms with Gasteiger partial charge in [0.1, 0.15) is 0 Å². The molecule has 0 saturated carbocycles. The number of nitrogens with zero attached hydrogens (tertiary/aromatic N) is 1. The maximum absolute atomic E-state index is 11.6. The number of hydrogen-bond donors (Lipinski definition) is 1. The van der Waals surface area contributed by atoms with E-state index < -0.39 is 5.79 Å². The van der Waals surface area contributed by atoms with Gasteiger partial charge in [0.2, 0.25) is 5.91 Å². The third-order valence-electron chi connectivity index (χ3n) is 2.65. The third-order valence-corrected chi connectivity index (χ3v) is 2.90. The second-order valence-electron chi connectivity index (χ2n) is 4.35. The van der Waals surface area contributed by atoms with Crippen LogP contribution in [-0.4, -0.2) is 31.1 Å². The van der Waals surface area contributed by atoms with Gasteiger partial charge in [-0.1, -0.05) is 23.7 Å². The number of benzene rings is 1. The smallest absolute Gasteiger partial charge is 0.245 e. The lowest BCUT2D eigenvalue weighted by molar-refractivity contribution is -0.159. The minimum absolute atomic E-state index is 0.116. The zero-order valence-electron chi connectivity index (χ0n) is 10.6. The van der Waals surface area contributed by atoms with Crippen LogP contribution in [0, 0.1) is 0 Å². The van der Waals surface area contributed by atoms with Crippen LogP contribution in [0.15, 0.2) is 29.4 Å². The lowest BCUT2D eigenvalue weighted by Crippen LogP contribution is -2.33. The van der Waals surface area contributed by atoms with Gasteiger partial charge >= 0.3 is 0 Å². The molecule has 1 aliphatic rings. The van der Waals surface area contributed by atoms with Crippen LogP contribution in [0.3, 0.4) is 0 Å². The normalized spacial score (nSPS) is 17.8. The summed E-state index contributed by atoms with van der Waals surface area (Å²) in [6.07, 6.45) is 1.66. The van der Waals surface area contributed by atoms with E-state index in [4.69, 9.17) is 21.1 Å². The van der Waals surface area contributed by atoms with Crippen LogP contribution in [0.1, 0.15) is 18.9 Å². The summed E-state index contributed by atoms with van der Waals surface area (Å²) in [6.45, 7) is 2.76. The monoisotopic (exact) mass is 282 g/mol. The van der Waals surface area contributed by atoms with Gasteiger partial charge in [-0.3, -0.25) is 4.79 Å². The van der Waals surface area contributed by atoms with Crippen molar-refractivity contribution in [1.82, 2.24) is 5.43 Å². The molecule has 0 radical (unpaired) electrons. The van der Waals surface area contributed by atoms with E-state index in [0.717, 1.165) is 5.56 Å². The van der Waals surface area contributed by atoms with Crippen LogP contribution < -0.4 is 5.43 Å². The molecule has 6 heteroatoms. The molecular weight excluding hydrogens is 268 g/mol. The molecule has 1 fully saturated rings. The average molecular weight is 283 g/mol. The molecule has 2 rings (SSSR count). The van der Waals surface area contributed by atoms with Crippen molar-refractivity contribution < 1.29 is 14.3 Å². The van der Waals surface area contributed by atoms with E-state index >= 15 is 0 Å². The zero-order chi connectivity index (χ0) is 13.7. The first-order valence-corrected chi connectivity index (χ1v) is 6.31. The predicted molar refractivity (Wildman–Crippen MR) is 72.1 cm³/mol. The van der Waals surface area contributed by atoms with Crippen LogP contribution in [0.4, 0.5) is 0 Å². The molecule has 102 valence electrons. The second kappa shape index (κ2) is 6.14. The van der Waals surface area contributed by atoms with Crippen molar-refractivity contribution >= 4 is 23.7 Å². The maximum atomic E-state index is 11.6. The molecule has 1 aliphatic heterocycles. The van der Waals surface area contributed by atoms with Gasteiger partial charge in [-0.15, -0.1) is 0 Å². The largest absolute Gasteiger partial charge is 0.347 e. The van der Waals surface area contributed by atoms with Crippen LogP contribution in [0.2, 0.25) is 5.02 Å². The van der Waals surface area contributed by atoms with E-state index in [2.05, 4.69) is 10.5 Å². The molecule has 0 atom stereocenters. The van der Waals surface area contributed by atoms with Gasteiger partial charge < -0.3 is 9.47 Å². The topological polar surface area (TPSA) is 59.9 Å². The first kappa shape index (κ1) is 14.0. The molecule has 0 aliphatic carbocycles. The summed E-state index contributed by atoms with van der Waals surface area (Å²) in [7, 11) is 0. The number of hydrogen-bond acceptors (Lipinski definition) is 4. The van der Waals surface area contributed by atoms with E-state index in [1.807, 2.05) is 12.1 Å². The number of hydrazone groups is 1. The van der Waals surface area contributed by atoms with Gasteiger partial charge in [-0.2, -0.15) is 5.10 Å². The summed E-state index contributed by atoms with van der Waals surface area (Å²) in [5, 5.41) is 4.52. The van der Waals surface area contributed by atoms with Crippen LogP contribution in [-0.2, 0) is 14.3 Å². The summed E-state index contributed by atoms with van der Waals surface area (Å²) in [5.74, 6) is -1.09. The van der Waals surface area contributed by atoms with Gasteiger partial charge in [0, 0.05) is 5.02 Å². The fourth-order valence-electron chi connectivity index (χ4n) is 1.72. The Balaban J connectivity index is 1.81. The molecule has 0 bridgehead atoms. The van der Waals surface area contributed by atoms with Crippen molar-refractivity contribution in [2.75, 3.05) is 13.2 Å². The quantitative estimate of drug-likeness (QED) is 0.678. The average Bonchev–Trinajstić information content (AvgIpc) is 2.78. The standard InChI is InChI=1S/C13H15ClN2O3/c1-13(18-6-7-19-13)8-12(17)16-15-9-10-2-4-11(14)5-3-10/h2-5,9H,6-8H2,1H3,(H,16,17)/b15-9+. The Hall–Kier alpha value is -1.43. The Labute approximate surface area is 116 Å². The number of carbonyl (C=O) groups excluding carboxylic acids is 1. The predicted octanol–water partition coefficient (Wildman–Crippen LogP) is 1.94. The van der Waals surface area contributed by atoms with Crippen LogP contribution >= 0.6 is 11.6 Å². The van der Waals surface area contributed by atoms with Crippen molar-refractivity contribution in [3.05, 3.63) is 34.9 Å². The number of halogens is 1. The molecule has 0 spiro atoms. The number of ether oxygens (including phenoxy) is 2. The van der Waals surface area contributed by atoms with Gasteiger partial charge in [0.05, 0.1) is 25.8 Å². The van der Waals surface area contributed by atoms with Crippen molar-refractivity contribution in [3.8, 4) is 0 Å². The van der Waals surface area contributed by atoms with Crippen molar-refractivity contribution in [3.63, 3.8) is 0 Å². The number of amides is 1. The highest BCUT2D eigenvalue weighted by atomic mass is 35.5. The molecule has 0 unspecified atom stereocenters. The summed E-state index contributed by atoms with van der Waals surface area (Å²) in [5.41, 5.74) is 3.29. The van der Waals surface area contributed by atoms with Crippen molar-refractivity contribution in [2.45, 2.75) is 19.1 Å². The summed E-state index contributed by atoms with van der Waals surface area (Å²) >= 11 is 5.76. The highest BCUT2D eigenvalue weighted by Gasteiger charge is 2.33. The third kappa shape index (κ3) is 4.31. The molecule has 19 heavy (non-hydrogen) atoms. The minimum atomic E-state index is -0.833. The highest BCUT2D eigenvalue weighted by molar-refractivity contribution is 6.30. The number of rotatable bonds is 4. The first-order chi connectivity index (χ1) is 9.07. The molecule has 5 nitrogen and oxygen atoms in total. The van der Waals surface area contributed by atoms with Crippen molar-refractivity contribution in [2.24, 2.45) is 5.10 Å². The second-order valence-corrected chi connectivity index (χ2v) is 4.79. The molecule has 1 N–H and O–H groups in total. The Kier molecular flexibility index (Phi) is 4.52. The van der Waals surface area contributed by atoms with E-state index in [1.165, 1.54) is 0 Å². The number of carbonyl (C=O) groups is 1. The van der Waals surface area contributed by atoms with Gasteiger partial charge in [0.15, 0.2) is 5.79 Å². The molecule has 1 aromatic carbocycles. The van der Waals surface area contributed by atoms with Crippen molar-refractivity contribution in [1.29, 1.82) is 0 Å². The lowest BCUT2D eigenvalue weighted by atomic mass is 10.2. The zero-order valence-corrected chi connectivity index (χ0v) is 11.3. The molecule has 1 heterocycles. The van der Waals surface area contributed by atoms with Crippen LogP contribution in [0.25, 0.3) is 0 Å². The van der Waals surface area contributed by atoms with Gasteiger partial charge in [-0.25, -0.2) is 5.43 Å².